The minimum atomic E-state index is -1.75. The molecule has 0 aromatic carbocycles. The number of hydrogen-bond donors (Lipinski definition) is 0. The topological polar surface area (TPSA) is 74.9 Å². The molecule has 3 unspecified atom stereocenters. The van der Waals surface area contributed by atoms with Gasteiger partial charge in [0.05, 0.1) is 13.8 Å². The van der Waals surface area contributed by atoms with E-state index in [2.05, 4.69) is 39.9 Å². The van der Waals surface area contributed by atoms with Crippen LogP contribution in [0.1, 0.15) is 37.7 Å². The average Bonchev–Trinajstić information content (AvgIpc) is 3.59. The van der Waals surface area contributed by atoms with Gasteiger partial charge in [0.2, 0.25) is 12.8 Å². The molecule has 3 rings (SSSR count). The smallest absolute Gasteiger partial charge is 0.229 e. The highest BCUT2D eigenvalue weighted by Crippen LogP contribution is 2.47. The maximum atomic E-state index is 9.62. The van der Waals surface area contributed by atoms with E-state index in [0.717, 1.165) is 30.6 Å². The molecule has 0 amide bonds. The molecule has 3 atom stereocenters. The van der Waals surface area contributed by atoms with E-state index in [0.29, 0.717) is 37.1 Å². The quantitative estimate of drug-likeness (QED) is 0.529. The van der Waals surface area contributed by atoms with Crippen LogP contribution in [0.2, 0.25) is 0 Å². The maximum Gasteiger partial charge on any atom is 0.229 e. The summed E-state index contributed by atoms with van der Waals surface area (Å²) >= 11 is 0. The third-order valence-electron chi connectivity index (χ3n) is 5.34. The summed E-state index contributed by atoms with van der Waals surface area (Å²) in [5, 5.41) is 8.97. The van der Waals surface area contributed by atoms with E-state index >= 15 is 0 Å². The van der Waals surface area contributed by atoms with Crippen LogP contribution in [-0.4, -0.2) is 49.3 Å². The third-order valence-corrected chi connectivity index (χ3v) is 5.34. The van der Waals surface area contributed by atoms with Crippen LogP contribution in [-0.2, 0) is 0 Å². The van der Waals surface area contributed by atoms with Gasteiger partial charge in [-0.2, -0.15) is 10.2 Å². The van der Waals surface area contributed by atoms with Crippen molar-refractivity contribution in [3.63, 3.8) is 0 Å². The summed E-state index contributed by atoms with van der Waals surface area (Å²) in [5.41, 5.74) is 0.354. The SMILES string of the molecule is CF.Cc1nc(C#N)cc(OCCC2CC2C(C)CCN(C)c2ccccn2)n1.FCF. The number of aromatic nitrogens is 3. The lowest BCUT2D eigenvalue weighted by molar-refractivity contribution is 0.282. The monoisotopic (exact) mass is 451 g/mol. The molecule has 0 radical (unpaired) electrons. The standard InChI is InChI=1S/C21H27N5O.CH2F2.CH3F/c1-15(7-10-26(3)20-6-4-5-9-23-20)19-12-17(19)8-11-27-21-13-18(14-22)24-16(2)25-21;2-1-3;1-2/h4-6,9,13,15,17,19H,7-8,10-12H2,1-3H3;1H2;1H3. The van der Waals surface area contributed by atoms with Crippen LogP contribution in [0.25, 0.3) is 0 Å². The van der Waals surface area contributed by atoms with Gasteiger partial charge in [-0.25, -0.2) is 18.7 Å². The van der Waals surface area contributed by atoms with Crippen LogP contribution < -0.4 is 9.64 Å². The Morgan fingerprint density at radius 2 is 2.00 bits per heavy atom. The molecular formula is C23H32F3N5O. The minimum absolute atomic E-state index is 0.354. The number of nitrogens with zero attached hydrogens (tertiary/aromatic N) is 5. The molecule has 9 heteroatoms. The Labute approximate surface area is 188 Å². The van der Waals surface area contributed by atoms with E-state index < -0.39 is 6.93 Å². The molecular weight excluding hydrogens is 419 g/mol. The van der Waals surface area contributed by atoms with Gasteiger partial charge in [0.15, 0.2) is 0 Å². The zero-order valence-corrected chi connectivity index (χ0v) is 19.1. The van der Waals surface area contributed by atoms with Crippen LogP contribution in [0.5, 0.6) is 5.88 Å². The molecule has 0 N–H and O–H groups in total. The highest BCUT2D eigenvalue weighted by molar-refractivity contribution is 5.36. The molecule has 32 heavy (non-hydrogen) atoms. The molecule has 176 valence electrons. The first-order valence-electron chi connectivity index (χ1n) is 10.5. The first-order chi connectivity index (χ1) is 15.5. The van der Waals surface area contributed by atoms with Crippen molar-refractivity contribution >= 4 is 5.82 Å². The van der Waals surface area contributed by atoms with Gasteiger partial charge in [-0.15, -0.1) is 0 Å². The second-order valence-corrected chi connectivity index (χ2v) is 7.52. The van der Waals surface area contributed by atoms with Crippen molar-refractivity contribution in [2.45, 2.75) is 33.1 Å². The van der Waals surface area contributed by atoms with Gasteiger partial charge in [-0.05, 0) is 56.1 Å². The first kappa shape index (κ1) is 27.1. The second-order valence-electron chi connectivity index (χ2n) is 7.52. The van der Waals surface area contributed by atoms with Gasteiger partial charge in [0.25, 0.3) is 0 Å². The molecule has 2 heterocycles. The van der Waals surface area contributed by atoms with E-state index in [-0.39, 0.29) is 0 Å². The molecule has 0 saturated heterocycles. The molecule has 2 aromatic heterocycles. The summed E-state index contributed by atoms with van der Waals surface area (Å²) < 4.78 is 34.5. The molecule has 2 aromatic rings. The fraction of sp³-hybridized carbons (Fsp3) is 0.565. The van der Waals surface area contributed by atoms with Gasteiger partial charge >= 0.3 is 0 Å². The summed E-state index contributed by atoms with van der Waals surface area (Å²) in [6.45, 7) is 4.04. The Balaban J connectivity index is 0.000000944. The number of nitriles is 1. The fourth-order valence-corrected chi connectivity index (χ4v) is 3.59. The van der Waals surface area contributed by atoms with Crippen molar-refractivity contribution in [3.8, 4) is 11.9 Å². The average molecular weight is 452 g/mol. The summed E-state index contributed by atoms with van der Waals surface area (Å²) in [5.74, 6) is 4.32. The Hall–Kier alpha value is -2.89. The lowest BCUT2D eigenvalue weighted by Gasteiger charge is -2.20. The Morgan fingerprint density at radius 1 is 1.28 bits per heavy atom. The minimum Gasteiger partial charge on any atom is -0.478 e. The van der Waals surface area contributed by atoms with E-state index in [9.17, 15) is 13.2 Å². The van der Waals surface area contributed by atoms with Gasteiger partial charge in [0.1, 0.15) is 23.4 Å². The van der Waals surface area contributed by atoms with Gasteiger partial charge in [0, 0.05) is 25.9 Å². The van der Waals surface area contributed by atoms with Gasteiger partial charge in [-0.1, -0.05) is 13.0 Å². The zero-order chi connectivity index (χ0) is 23.9. The lowest BCUT2D eigenvalue weighted by atomic mass is 9.99. The number of anilines is 1. The summed E-state index contributed by atoms with van der Waals surface area (Å²) in [7, 11) is 2.60. The van der Waals surface area contributed by atoms with Crippen molar-refractivity contribution in [2.75, 3.05) is 39.2 Å². The molecule has 1 fully saturated rings. The fourth-order valence-electron chi connectivity index (χ4n) is 3.59. The summed E-state index contributed by atoms with van der Waals surface area (Å²) in [6.07, 6.45) is 5.33. The van der Waals surface area contributed by atoms with Gasteiger partial charge in [-0.3, -0.25) is 4.39 Å². The predicted octanol–water partition coefficient (Wildman–Crippen LogP) is 5.09. The van der Waals surface area contributed by atoms with Crippen molar-refractivity contribution in [3.05, 3.63) is 42.0 Å². The number of alkyl halides is 3. The highest BCUT2D eigenvalue weighted by Gasteiger charge is 2.40. The lowest BCUT2D eigenvalue weighted by Crippen LogP contribution is -2.22. The maximum absolute atomic E-state index is 9.62. The summed E-state index contributed by atoms with van der Waals surface area (Å²) in [6, 6.07) is 9.66. The Bertz CT molecular complexity index is 819. The summed E-state index contributed by atoms with van der Waals surface area (Å²) in [4.78, 5) is 14.9. The van der Waals surface area contributed by atoms with Crippen molar-refractivity contribution < 1.29 is 17.9 Å². The van der Waals surface area contributed by atoms with E-state index in [1.807, 2.05) is 24.4 Å². The van der Waals surface area contributed by atoms with Crippen LogP contribution in [0.3, 0.4) is 0 Å². The molecule has 0 bridgehead atoms. The van der Waals surface area contributed by atoms with Crippen LogP contribution >= 0.6 is 0 Å². The van der Waals surface area contributed by atoms with Crippen LogP contribution in [0, 0.1) is 36.0 Å². The molecule has 1 saturated carbocycles. The number of ether oxygens (including phenoxy) is 1. The van der Waals surface area contributed by atoms with Crippen molar-refractivity contribution in [2.24, 2.45) is 17.8 Å². The van der Waals surface area contributed by atoms with E-state index in [4.69, 9.17) is 10.00 Å². The molecule has 6 nitrogen and oxygen atoms in total. The number of halogens is 3. The second kappa shape index (κ2) is 15.0. The largest absolute Gasteiger partial charge is 0.478 e. The number of hydrogen-bond acceptors (Lipinski definition) is 6. The zero-order valence-electron chi connectivity index (χ0n) is 19.1. The number of pyridine rings is 1. The first-order valence-corrected chi connectivity index (χ1v) is 10.5. The molecule has 1 aliphatic carbocycles. The van der Waals surface area contributed by atoms with Crippen LogP contribution in [0.15, 0.2) is 30.5 Å². The normalized spacial score (nSPS) is 16.9. The van der Waals surface area contributed by atoms with Crippen molar-refractivity contribution in [1.82, 2.24) is 15.0 Å². The number of rotatable bonds is 9. The molecule has 1 aliphatic rings. The third kappa shape index (κ3) is 9.50. The molecule has 0 spiro atoms. The number of aryl methyl sites for hydroxylation is 1. The van der Waals surface area contributed by atoms with Crippen molar-refractivity contribution in [1.29, 1.82) is 5.26 Å². The van der Waals surface area contributed by atoms with Crippen LogP contribution in [0.4, 0.5) is 19.0 Å². The predicted molar refractivity (Wildman–Crippen MR) is 119 cm³/mol. The van der Waals surface area contributed by atoms with E-state index in [1.54, 1.807) is 13.0 Å². The Morgan fingerprint density at radius 3 is 2.62 bits per heavy atom. The van der Waals surface area contributed by atoms with Gasteiger partial charge < -0.3 is 9.64 Å². The Kier molecular flexibility index (Phi) is 12.7. The highest BCUT2D eigenvalue weighted by atomic mass is 19.3. The van der Waals surface area contributed by atoms with E-state index in [1.165, 1.54) is 12.8 Å². The molecule has 0 aliphatic heterocycles.